The summed E-state index contributed by atoms with van der Waals surface area (Å²) in [5, 5.41) is 0.432. The largest absolute Gasteiger partial charge is 0.312 e. The monoisotopic (exact) mass is 357 g/mol. The number of hydrogen-bond acceptors (Lipinski definition) is 3. The number of halogens is 1. The van der Waals surface area contributed by atoms with Gasteiger partial charge in [-0.15, -0.1) is 0 Å². The minimum Gasteiger partial charge on any atom is -0.312 e. The number of hydrazine groups is 1. The molecule has 128 valence electrons. The van der Waals surface area contributed by atoms with Crippen LogP contribution in [0.2, 0.25) is 5.02 Å². The molecule has 1 aliphatic heterocycles. The Labute approximate surface area is 149 Å². The number of amides is 3. The minimum atomic E-state index is -0.471. The van der Waals surface area contributed by atoms with Gasteiger partial charge >= 0.3 is 0 Å². The summed E-state index contributed by atoms with van der Waals surface area (Å²) < 4.78 is 0. The Kier molecular flexibility index (Phi) is 5.00. The van der Waals surface area contributed by atoms with Gasteiger partial charge in [0.2, 0.25) is 5.91 Å². The van der Waals surface area contributed by atoms with Crippen LogP contribution in [-0.4, -0.2) is 24.3 Å². The van der Waals surface area contributed by atoms with Gasteiger partial charge in [0.25, 0.3) is 11.8 Å². The van der Waals surface area contributed by atoms with E-state index in [9.17, 15) is 14.4 Å². The lowest BCUT2D eigenvalue weighted by Crippen LogP contribution is -2.41. The van der Waals surface area contributed by atoms with Gasteiger partial charge in [0.15, 0.2) is 0 Å². The van der Waals surface area contributed by atoms with Gasteiger partial charge in [-0.05, 0) is 42.8 Å². The Morgan fingerprint density at radius 3 is 2.20 bits per heavy atom. The summed E-state index contributed by atoms with van der Waals surface area (Å²) in [7, 11) is 0. The molecule has 6 nitrogen and oxygen atoms in total. The van der Waals surface area contributed by atoms with Crippen molar-refractivity contribution >= 4 is 35.0 Å². The zero-order valence-corrected chi connectivity index (χ0v) is 14.0. The fourth-order valence-electron chi connectivity index (χ4n) is 2.62. The number of nitrogens with zero attached hydrogens (tertiary/aromatic N) is 1. The van der Waals surface area contributed by atoms with Crippen molar-refractivity contribution in [2.75, 3.05) is 11.4 Å². The van der Waals surface area contributed by atoms with E-state index in [1.54, 1.807) is 47.4 Å². The van der Waals surface area contributed by atoms with E-state index in [1.165, 1.54) is 6.07 Å². The highest BCUT2D eigenvalue weighted by Gasteiger charge is 2.22. The highest BCUT2D eigenvalue weighted by atomic mass is 35.5. The van der Waals surface area contributed by atoms with Crippen molar-refractivity contribution in [3.63, 3.8) is 0 Å². The van der Waals surface area contributed by atoms with Gasteiger partial charge in [0.05, 0.1) is 0 Å². The van der Waals surface area contributed by atoms with Crippen molar-refractivity contribution < 1.29 is 14.4 Å². The fraction of sp³-hybridized carbons (Fsp3) is 0.167. The van der Waals surface area contributed by atoms with Gasteiger partial charge in [0.1, 0.15) is 0 Å². The molecule has 0 unspecified atom stereocenters. The van der Waals surface area contributed by atoms with Crippen molar-refractivity contribution in [3.8, 4) is 0 Å². The molecule has 1 saturated heterocycles. The summed E-state index contributed by atoms with van der Waals surface area (Å²) in [5.74, 6) is -0.891. The van der Waals surface area contributed by atoms with Crippen LogP contribution in [0.1, 0.15) is 33.6 Å². The molecule has 0 aliphatic carbocycles. The van der Waals surface area contributed by atoms with Crippen LogP contribution in [0.5, 0.6) is 0 Å². The van der Waals surface area contributed by atoms with E-state index in [0.29, 0.717) is 34.8 Å². The van der Waals surface area contributed by atoms with Crippen LogP contribution >= 0.6 is 11.6 Å². The summed E-state index contributed by atoms with van der Waals surface area (Å²) in [5.41, 5.74) is 6.07. The SMILES string of the molecule is O=C(NNC(=O)c1cccc(N2CCCC2=O)c1)c1cccc(Cl)c1. The molecule has 3 amide bonds. The van der Waals surface area contributed by atoms with E-state index in [0.717, 1.165) is 6.42 Å². The highest BCUT2D eigenvalue weighted by molar-refractivity contribution is 6.31. The first-order chi connectivity index (χ1) is 12.0. The lowest BCUT2D eigenvalue weighted by molar-refractivity contribution is -0.117. The third-order valence-electron chi connectivity index (χ3n) is 3.87. The molecule has 25 heavy (non-hydrogen) atoms. The number of carbonyl (C=O) groups is 3. The number of anilines is 1. The summed E-state index contributed by atoms with van der Waals surface area (Å²) in [4.78, 5) is 37.7. The maximum absolute atomic E-state index is 12.2. The molecule has 0 aromatic heterocycles. The molecule has 0 saturated carbocycles. The standard InChI is InChI=1S/C18H16ClN3O3/c19-14-6-1-4-12(10-14)17(24)20-21-18(25)13-5-2-7-15(11-13)22-9-3-8-16(22)23/h1-2,4-7,10-11H,3,8-9H2,(H,20,24)(H,21,25). The summed E-state index contributed by atoms with van der Waals surface area (Å²) in [6.07, 6.45) is 1.33. The molecule has 1 heterocycles. The number of benzene rings is 2. The Bertz CT molecular complexity index is 838. The second-order valence-electron chi connectivity index (χ2n) is 5.62. The van der Waals surface area contributed by atoms with Crippen molar-refractivity contribution in [3.05, 3.63) is 64.7 Å². The molecule has 0 spiro atoms. The second kappa shape index (κ2) is 7.36. The molecule has 7 heteroatoms. The molecule has 0 atom stereocenters. The first-order valence-corrected chi connectivity index (χ1v) is 8.19. The topological polar surface area (TPSA) is 78.5 Å². The molecule has 2 aromatic rings. The lowest BCUT2D eigenvalue weighted by Gasteiger charge is -2.16. The summed E-state index contributed by atoms with van der Waals surface area (Å²) >= 11 is 5.84. The van der Waals surface area contributed by atoms with Crippen LogP contribution in [0.3, 0.4) is 0 Å². The first kappa shape index (κ1) is 17.0. The molecule has 1 aliphatic rings. The Morgan fingerprint density at radius 2 is 1.60 bits per heavy atom. The Morgan fingerprint density at radius 1 is 0.960 bits per heavy atom. The Hall–Kier alpha value is -2.86. The van der Waals surface area contributed by atoms with Gasteiger partial charge in [-0.2, -0.15) is 0 Å². The zero-order valence-electron chi connectivity index (χ0n) is 13.3. The summed E-state index contributed by atoms with van der Waals surface area (Å²) in [6.45, 7) is 0.648. The normalized spacial score (nSPS) is 13.6. The second-order valence-corrected chi connectivity index (χ2v) is 6.05. The highest BCUT2D eigenvalue weighted by Crippen LogP contribution is 2.22. The predicted molar refractivity (Wildman–Crippen MR) is 94.4 cm³/mol. The molecule has 0 radical (unpaired) electrons. The van der Waals surface area contributed by atoms with Crippen molar-refractivity contribution in [2.24, 2.45) is 0 Å². The van der Waals surface area contributed by atoms with E-state index in [1.807, 2.05) is 0 Å². The average Bonchev–Trinajstić information content (AvgIpc) is 3.05. The van der Waals surface area contributed by atoms with E-state index < -0.39 is 11.8 Å². The van der Waals surface area contributed by atoms with Gasteiger partial charge in [0, 0.05) is 34.8 Å². The molecular weight excluding hydrogens is 342 g/mol. The van der Waals surface area contributed by atoms with Crippen LogP contribution < -0.4 is 15.8 Å². The molecule has 2 aromatic carbocycles. The molecule has 2 N–H and O–H groups in total. The van der Waals surface area contributed by atoms with Crippen molar-refractivity contribution in [1.29, 1.82) is 0 Å². The van der Waals surface area contributed by atoms with Crippen LogP contribution in [0, 0.1) is 0 Å². The van der Waals surface area contributed by atoms with Gasteiger partial charge < -0.3 is 4.90 Å². The number of carbonyl (C=O) groups excluding carboxylic acids is 3. The van der Waals surface area contributed by atoms with Gasteiger partial charge in [-0.1, -0.05) is 23.7 Å². The van der Waals surface area contributed by atoms with Crippen molar-refractivity contribution in [1.82, 2.24) is 10.9 Å². The van der Waals surface area contributed by atoms with Crippen LogP contribution in [0.4, 0.5) is 5.69 Å². The third-order valence-corrected chi connectivity index (χ3v) is 4.10. The smallest absolute Gasteiger partial charge is 0.269 e. The average molecular weight is 358 g/mol. The predicted octanol–water partition coefficient (Wildman–Crippen LogP) is 2.54. The first-order valence-electron chi connectivity index (χ1n) is 7.81. The number of nitrogens with one attached hydrogen (secondary N) is 2. The van der Waals surface area contributed by atoms with Gasteiger partial charge in [-0.3, -0.25) is 25.2 Å². The maximum atomic E-state index is 12.2. The molecule has 3 rings (SSSR count). The van der Waals surface area contributed by atoms with E-state index in [-0.39, 0.29) is 5.91 Å². The lowest BCUT2D eigenvalue weighted by atomic mass is 10.2. The van der Waals surface area contributed by atoms with E-state index in [4.69, 9.17) is 11.6 Å². The minimum absolute atomic E-state index is 0.0480. The van der Waals surface area contributed by atoms with Crippen LogP contribution in [0.15, 0.2) is 48.5 Å². The molecule has 1 fully saturated rings. The molecular formula is C18H16ClN3O3. The number of hydrogen-bond donors (Lipinski definition) is 2. The van der Waals surface area contributed by atoms with Crippen LogP contribution in [0.25, 0.3) is 0 Å². The van der Waals surface area contributed by atoms with E-state index in [2.05, 4.69) is 10.9 Å². The van der Waals surface area contributed by atoms with Crippen molar-refractivity contribution in [2.45, 2.75) is 12.8 Å². The third kappa shape index (κ3) is 3.97. The quantitative estimate of drug-likeness (QED) is 0.828. The Balaban J connectivity index is 1.65. The zero-order chi connectivity index (χ0) is 17.8. The van der Waals surface area contributed by atoms with Crippen LogP contribution in [-0.2, 0) is 4.79 Å². The molecule has 0 bridgehead atoms. The van der Waals surface area contributed by atoms with Gasteiger partial charge in [-0.25, -0.2) is 0 Å². The fourth-order valence-corrected chi connectivity index (χ4v) is 2.81. The summed E-state index contributed by atoms with van der Waals surface area (Å²) in [6, 6.07) is 13.1. The van der Waals surface area contributed by atoms with E-state index >= 15 is 0 Å². The number of rotatable bonds is 3. The maximum Gasteiger partial charge on any atom is 0.269 e.